The van der Waals surface area contributed by atoms with Gasteiger partial charge in [0.15, 0.2) is 15.0 Å². The van der Waals surface area contributed by atoms with Crippen LogP contribution in [0.3, 0.4) is 0 Å². The van der Waals surface area contributed by atoms with Crippen LogP contribution < -0.4 is 4.90 Å². The molecule has 186 valence electrons. The van der Waals surface area contributed by atoms with Crippen molar-refractivity contribution in [2.24, 2.45) is 0 Å². The molecule has 0 aliphatic rings. The van der Waals surface area contributed by atoms with Crippen LogP contribution >= 0.6 is 23.7 Å². The Morgan fingerprint density at radius 3 is 2.15 bits per heavy atom. The number of sulfone groups is 1. The fourth-order valence-electron chi connectivity index (χ4n) is 3.69. The van der Waals surface area contributed by atoms with Crippen molar-refractivity contribution in [3.05, 3.63) is 53.1 Å². The molecule has 0 aliphatic heterocycles. The highest BCUT2D eigenvalue weighted by molar-refractivity contribution is 7.91. The van der Waals surface area contributed by atoms with Gasteiger partial charge in [-0.3, -0.25) is 9.69 Å². The molecule has 0 saturated carbocycles. The number of amides is 1. The van der Waals surface area contributed by atoms with Gasteiger partial charge < -0.3 is 4.90 Å². The van der Waals surface area contributed by atoms with Gasteiger partial charge in [-0.1, -0.05) is 55.0 Å². The van der Waals surface area contributed by atoms with Crippen LogP contribution in [-0.2, 0) is 14.6 Å². The van der Waals surface area contributed by atoms with E-state index < -0.39 is 9.84 Å². The summed E-state index contributed by atoms with van der Waals surface area (Å²) in [5.74, 6) is -0.438. The van der Waals surface area contributed by atoms with Crippen LogP contribution in [0.2, 0.25) is 0 Å². The van der Waals surface area contributed by atoms with Gasteiger partial charge >= 0.3 is 0 Å². The second kappa shape index (κ2) is 12.1. The predicted molar refractivity (Wildman–Crippen MR) is 144 cm³/mol. The minimum atomic E-state index is -3.54. The molecule has 34 heavy (non-hydrogen) atoms. The third-order valence-electron chi connectivity index (χ3n) is 5.96. The minimum absolute atomic E-state index is 0. The van der Waals surface area contributed by atoms with Crippen LogP contribution in [0.25, 0.3) is 10.2 Å². The molecular weight excluding hydrogens is 490 g/mol. The number of benzene rings is 2. The molecule has 2 aromatic carbocycles. The Labute approximate surface area is 213 Å². The summed E-state index contributed by atoms with van der Waals surface area (Å²) < 4.78 is 26.7. The van der Waals surface area contributed by atoms with Crippen molar-refractivity contribution in [1.29, 1.82) is 0 Å². The molecule has 0 radical (unpaired) electrons. The highest BCUT2D eigenvalue weighted by Gasteiger charge is 2.24. The summed E-state index contributed by atoms with van der Waals surface area (Å²) in [6, 6.07) is 10.9. The molecule has 0 atom stereocenters. The lowest BCUT2D eigenvalue weighted by Crippen LogP contribution is -2.39. The maximum Gasteiger partial charge on any atom is 0.229 e. The largest absolute Gasteiger partial charge is 0.302 e. The Bertz CT molecular complexity index is 1180. The molecule has 0 bridgehead atoms. The van der Waals surface area contributed by atoms with Gasteiger partial charge in [-0.25, -0.2) is 13.4 Å². The van der Waals surface area contributed by atoms with Crippen LogP contribution in [-0.4, -0.2) is 56.1 Å². The van der Waals surface area contributed by atoms with Gasteiger partial charge in [0, 0.05) is 19.5 Å². The van der Waals surface area contributed by atoms with Crippen molar-refractivity contribution >= 4 is 54.8 Å². The third kappa shape index (κ3) is 6.56. The van der Waals surface area contributed by atoms with Crippen molar-refractivity contribution < 1.29 is 13.2 Å². The molecule has 3 rings (SSSR count). The fourth-order valence-corrected chi connectivity index (χ4v) is 6.08. The van der Waals surface area contributed by atoms with Crippen molar-refractivity contribution in [3.8, 4) is 0 Å². The highest BCUT2D eigenvalue weighted by atomic mass is 35.5. The molecule has 0 aliphatic carbocycles. The van der Waals surface area contributed by atoms with E-state index in [0.717, 1.165) is 40.0 Å². The van der Waals surface area contributed by atoms with Crippen molar-refractivity contribution in [2.45, 2.75) is 45.9 Å². The lowest BCUT2D eigenvalue weighted by molar-refractivity contribution is -0.118. The van der Waals surface area contributed by atoms with E-state index in [4.69, 9.17) is 4.98 Å². The second-order valence-electron chi connectivity index (χ2n) is 8.33. The van der Waals surface area contributed by atoms with E-state index in [1.54, 1.807) is 29.2 Å². The number of nitrogens with zero attached hydrogens (tertiary/aromatic N) is 3. The number of hydrogen-bond donors (Lipinski definition) is 0. The van der Waals surface area contributed by atoms with Gasteiger partial charge in [0.2, 0.25) is 5.91 Å². The van der Waals surface area contributed by atoms with Crippen LogP contribution in [0.15, 0.2) is 41.3 Å². The number of carbonyl (C=O) groups excluding carboxylic acids is 1. The summed E-state index contributed by atoms with van der Waals surface area (Å²) in [6.07, 6.45) is -0.0810. The number of aromatic nitrogens is 1. The summed E-state index contributed by atoms with van der Waals surface area (Å²) in [5.41, 5.74) is 4.09. The molecule has 1 amide bonds. The van der Waals surface area contributed by atoms with E-state index in [9.17, 15) is 13.2 Å². The van der Waals surface area contributed by atoms with E-state index in [1.807, 2.05) is 26.8 Å². The van der Waals surface area contributed by atoms with Crippen LogP contribution in [0.5, 0.6) is 0 Å². The fraction of sp³-hybridized carbons (Fsp3) is 0.440. The first kappa shape index (κ1) is 28.2. The number of thiazole rings is 1. The van der Waals surface area contributed by atoms with Gasteiger partial charge in [0.25, 0.3) is 0 Å². The quantitative estimate of drug-likeness (QED) is 0.366. The first-order valence-corrected chi connectivity index (χ1v) is 13.8. The van der Waals surface area contributed by atoms with Crippen molar-refractivity contribution in [1.82, 2.24) is 9.88 Å². The number of likely N-dealkylation sites (N-methyl/N-ethyl adjacent to an activating group) is 1. The van der Waals surface area contributed by atoms with E-state index >= 15 is 0 Å². The molecule has 6 nitrogen and oxygen atoms in total. The zero-order valence-electron chi connectivity index (χ0n) is 20.5. The SMILES string of the molecule is CCN(CC)CCN(C(=O)CCS(=O)(=O)c1ccc(C)cc1)c1nc2c(C)ccc(C)c2s1.Cl. The highest BCUT2D eigenvalue weighted by Crippen LogP contribution is 2.33. The van der Waals surface area contributed by atoms with Crippen molar-refractivity contribution in [3.63, 3.8) is 0 Å². The number of aryl methyl sites for hydroxylation is 3. The van der Waals surface area contributed by atoms with Crippen LogP contribution in [0.1, 0.15) is 37.0 Å². The first-order valence-electron chi connectivity index (χ1n) is 11.3. The summed E-state index contributed by atoms with van der Waals surface area (Å²) >= 11 is 1.50. The third-order valence-corrected chi connectivity index (χ3v) is 8.91. The summed E-state index contributed by atoms with van der Waals surface area (Å²) in [7, 11) is -3.54. The Morgan fingerprint density at radius 2 is 1.56 bits per heavy atom. The number of fused-ring (bicyclic) bond motifs is 1. The summed E-state index contributed by atoms with van der Waals surface area (Å²) in [4.78, 5) is 22.3. The topological polar surface area (TPSA) is 70.6 Å². The molecule has 0 spiro atoms. The number of rotatable bonds is 10. The van der Waals surface area contributed by atoms with Gasteiger partial charge in [-0.2, -0.15) is 0 Å². The number of anilines is 1. The number of hydrogen-bond acceptors (Lipinski definition) is 6. The first-order chi connectivity index (χ1) is 15.7. The Hall–Kier alpha value is -2.00. The standard InChI is InChI=1S/C25H33N3O3S2.ClH/c1-6-27(7-2)15-16-28(25-26-23-19(4)10-11-20(5)24(23)32-25)22(29)14-17-33(30,31)21-12-8-18(3)9-13-21;/h8-13H,6-7,14-17H2,1-5H3;1H. The lowest BCUT2D eigenvalue weighted by atomic mass is 10.1. The zero-order valence-corrected chi connectivity index (χ0v) is 22.9. The van der Waals surface area contributed by atoms with Gasteiger partial charge in [0.1, 0.15) is 0 Å². The van der Waals surface area contributed by atoms with Gasteiger partial charge in [-0.15, -0.1) is 12.4 Å². The molecular formula is C25H34ClN3O3S2. The van der Waals surface area contributed by atoms with E-state index in [2.05, 4.69) is 24.8 Å². The number of halogens is 1. The second-order valence-corrected chi connectivity index (χ2v) is 11.4. The molecule has 1 heterocycles. The normalized spacial score (nSPS) is 11.6. The Kier molecular flexibility index (Phi) is 10.1. The van der Waals surface area contributed by atoms with Crippen LogP contribution in [0.4, 0.5) is 5.13 Å². The maximum absolute atomic E-state index is 13.3. The smallest absolute Gasteiger partial charge is 0.229 e. The van der Waals surface area contributed by atoms with Gasteiger partial charge in [0.05, 0.1) is 20.9 Å². The van der Waals surface area contributed by atoms with Crippen LogP contribution in [0, 0.1) is 20.8 Å². The Balaban J connectivity index is 0.00000408. The minimum Gasteiger partial charge on any atom is -0.302 e. The van der Waals surface area contributed by atoms with Crippen molar-refractivity contribution in [2.75, 3.05) is 36.8 Å². The number of carbonyl (C=O) groups is 1. The maximum atomic E-state index is 13.3. The average molecular weight is 524 g/mol. The lowest BCUT2D eigenvalue weighted by Gasteiger charge is -2.24. The zero-order chi connectivity index (χ0) is 24.2. The van der Waals surface area contributed by atoms with Gasteiger partial charge in [-0.05, 0) is 57.1 Å². The summed E-state index contributed by atoms with van der Waals surface area (Å²) in [6.45, 7) is 13.1. The monoisotopic (exact) mass is 523 g/mol. The Morgan fingerprint density at radius 1 is 0.941 bits per heavy atom. The molecule has 3 aromatic rings. The molecule has 0 fully saturated rings. The average Bonchev–Trinajstić information content (AvgIpc) is 3.24. The molecule has 9 heteroatoms. The summed E-state index contributed by atoms with van der Waals surface area (Å²) in [5, 5.41) is 0.632. The van der Waals surface area contributed by atoms with E-state index in [0.29, 0.717) is 18.2 Å². The predicted octanol–water partition coefficient (Wildman–Crippen LogP) is 5.18. The van der Waals surface area contributed by atoms with E-state index in [-0.39, 0.29) is 35.4 Å². The molecule has 1 aromatic heterocycles. The molecule has 0 saturated heterocycles. The van der Waals surface area contributed by atoms with E-state index in [1.165, 1.54) is 11.3 Å². The molecule has 0 N–H and O–H groups in total. The molecule has 0 unspecified atom stereocenters.